The number of rotatable bonds is 5. The number of carbonyl (C=O) groups is 1. The van der Waals surface area contributed by atoms with Crippen LogP contribution in [0.1, 0.15) is 16.7 Å². The highest BCUT2D eigenvalue weighted by Gasteiger charge is 2.17. The number of hydrogen-bond donors (Lipinski definition) is 0. The van der Waals surface area contributed by atoms with Crippen LogP contribution in [0.4, 0.5) is 0 Å². The summed E-state index contributed by atoms with van der Waals surface area (Å²) in [5, 5.41) is 0.440. The molecule has 2 aromatic rings. The highest BCUT2D eigenvalue weighted by atomic mass is 35.5. The molecular weight excluding hydrogens is 344 g/mol. The number of hydrogen-bond acceptors (Lipinski definition) is 5. The summed E-state index contributed by atoms with van der Waals surface area (Å²) in [6, 6.07) is 9.24. The van der Waals surface area contributed by atoms with Gasteiger partial charge >= 0.3 is 5.97 Å². The molecule has 0 amide bonds. The van der Waals surface area contributed by atoms with Crippen LogP contribution in [0, 0.1) is 13.8 Å². The Kier molecular flexibility index (Phi) is 5.34. The van der Waals surface area contributed by atoms with Crippen molar-refractivity contribution in [1.82, 2.24) is 0 Å². The summed E-state index contributed by atoms with van der Waals surface area (Å²) in [6.45, 7) is 4.81. The Morgan fingerprint density at radius 1 is 1.16 bits per heavy atom. The van der Waals surface area contributed by atoms with E-state index in [1.165, 1.54) is 0 Å². The number of fused-ring (bicyclic) bond motifs is 1. The van der Waals surface area contributed by atoms with Crippen molar-refractivity contribution in [3.05, 3.63) is 52.0 Å². The fraction of sp³-hybridized carbons (Fsp3) is 0.316. The summed E-state index contributed by atoms with van der Waals surface area (Å²) in [7, 11) is 0. The monoisotopic (exact) mass is 362 g/mol. The molecule has 0 bridgehead atoms. The highest BCUT2D eigenvalue weighted by Crippen LogP contribution is 2.38. The van der Waals surface area contributed by atoms with Crippen LogP contribution >= 0.6 is 11.6 Å². The topological polar surface area (TPSA) is 54.0 Å². The Bertz CT molecular complexity index is 788. The molecule has 2 aromatic carbocycles. The number of ether oxygens (including phenoxy) is 4. The molecule has 3 rings (SSSR count). The van der Waals surface area contributed by atoms with Gasteiger partial charge in [-0.1, -0.05) is 29.3 Å². The summed E-state index contributed by atoms with van der Waals surface area (Å²) < 4.78 is 21.7. The Labute approximate surface area is 151 Å². The lowest BCUT2D eigenvalue weighted by atomic mass is 10.1. The molecule has 1 aliphatic rings. The average Bonchev–Trinajstić information content (AvgIpc) is 2.59. The Morgan fingerprint density at radius 3 is 2.76 bits per heavy atom. The third-order valence-corrected chi connectivity index (χ3v) is 4.01. The van der Waals surface area contributed by atoms with E-state index >= 15 is 0 Å². The molecule has 0 unspecified atom stereocenters. The molecule has 5 nitrogen and oxygen atoms in total. The molecular formula is C19H19ClO5. The second-order valence-electron chi connectivity index (χ2n) is 5.82. The SMILES string of the molecule is Cc1ccc(OCC(=O)OCc2cc(Cl)c3c(c2)OCCO3)c(C)c1. The van der Waals surface area contributed by atoms with Gasteiger partial charge in [0.2, 0.25) is 0 Å². The summed E-state index contributed by atoms with van der Waals surface area (Å²) in [6.07, 6.45) is 0. The standard InChI is InChI=1S/C19H19ClO5/c1-12-3-4-16(13(2)7-12)24-11-18(21)25-10-14-8-15(20)19-17(9-14)22-5-6-23-19/h3-4,7-9H,5-6,10-11H2,1-2H3. The molecule has 0 saturated heterocycles. The maximum atomic E-state index is 11.9. The largest absolute Gasteiger partial charge is 0.486 e. The van der Waals surface area contributed by atoms with E-state index in [2.05, 4.69) is 0 Å². The van der Waals surface area contributed by atoms with E-state index in [9.17, 15) is 4.79 Å². The minimum atomic E-state index is -0.453. The first-order valence-electron chi connectivity index (χ1n) is 7.96. The maximum Gasteiger partial charge on any atom is 0.344 e. The Morgan fingerprint density at radius 2 is 1.96 bits per heavy atom. The van der Waals surface area contributed by atoms with Gasteiger partial charge in [0, 0.05) is 0 Å². The van der Waals surface area contributed by atoms with Gasteiger partial charge < -0.3 is 18.9 Å². The summed E-state index contributed by atoms with van der Waals surface area (Å²) in [4.78, 5) is 11.9. The quantitative estimate of drug-likeness (QED) is 0.756. The number of halogens is 1. The first-order chi connectivity index (χ1) is 12.0. The molecule has 1 aliphatic heterocycles. The van der Waals surface area contributed by atoms with Gasteiger partial charge in [-0.3, -0.25) is 0 Å². The van der Waals surface area contributed by atoms with Crippen molar-refractivity contribution in [3.8, 4) is 17.2 Å². The van der Waals surface area contributed by atoms with Crippen molar-refractivity contribution in [1.29, 1.82) is 0 Å². The van der Waals surface area contributed by atoms with Crippen LogP contribution in [0.25, 0.3) is 0 Å². The molecule has 0 aromatic heterocycles. The fourth-order valence-electron chi connectivity index (χ4n) is 2.55. The number of carbonyl (C=O) groups excluding carboxylic acids is 1. The minimum Gasteiger partial charge on any atom is -0.486 e. The second-order valence-corrected chi connectivity index (χ2v) is 6.23. The Balaban J connectivity index is 1.54. The lowest BCUT2D eigenvalue weighted by Crippen LogP contribution is -2.17. The van der Waals surface area contributed by atoms with Crippen molar-refractivity contribution >= 4 is 17.6 Å². The van der Waals surface area contributed by atoms with Crippen LogP contribution in [-0.2, 0) is 16.1 Å². The number of aryl methyl sites for hydroxylation is 2. The first kappa shape index (κ1) is 17.4. The molecule has 0 radical (unpaired) electrons. The third kappa shape index (κ3) is 4.37. The van der Waals surface area contributed by atoms with Gasteiger partial charge in [0.05, 0.1) is 5.02 Å². The van der Waals surface area contributed by atoms with E-state index < -0.39 is 5.97 Å². The predicted molar refractivity (Wildman–Crippen MR) is 93.6 cm³/mol. The summed E-state index contributed by atoms with van der Waals surface area (Å²) >= 11 is 6.16. The van der Waals surface area contributed by atoms with Crippen LogP contribution in [-0.4, -0.2) is 25.8 Å². The highest BCUT2D eigenvalue weighted by molar-refractivity contribution is 6.32. The van der Waals surface area contributed by atoms with Crippen LogP contribution in [0.2, 0.25) is 5.02 Å². The normalized spacial score (nSPS) is 12.6. The van der Waals surface area contributed by atoms with E-state index in [4.69, 9.17) is 30.5 Å². The fourth-order valence-corrected chi connectivity index (χ4v) is 2.84. The zero-order valence-electron chi connectivity index (χ0n) is 14.1. The van der Waals surface area contributed by atoms with Crippen molar-refractivity contribution in [2.75, 3.05) is 19.8 Å². The zero-order chi connectivity index (χ0) is 17.8. The van der Waals surface area contributed by atoms with E-state index in [0.717, 1.165) is 16.7 Å². The van der Waals surface area contributed by atoms with Gasteiger partial charge in [-0.25, -0.2) is 4.79 Å². The lowest BCUT2D eigenvalue weighted by Gasteiger charge is -2.20. The maximum absolute atomic E-state index is 11.9. The number of esters is 1. The van der Waals surface area contributed by atoms with Crippen LogP contribution in [0.3, 0.4) is 0 Å². The lowest BCUT2D eigenvalue weighted by molar-refractivity contribution is -0.147. The summed E-state index contributed by atoms with van der Waals surface area (Å²) in [5.41, 5.74) is 2.85. The van der Waals surface area contributed by atoms with Gasteiger partial charge in [0.1, 0.15) is 25.6 Å². The first-order valence-corrected chi connectivity index (χ1v) is 8.34. The number of benzene rings is 2. The van der Waals surface area contributed by atoms with Crippen LogP contribution < -0.4 is 14.2 Å². The molecule has 0 atom stereocenters. The van der Waals surface area contributed by atoms with Gasteiger partial charge in [-0.05, 0) is 43.2 Å². The predicted octanol–water partition coefficient (Wildman–Crippen LogP) is 3.85. The van der Waals surface area contributed by atoms with Crippen LogP contribution in [0.5, 0.6) is 17.2 Å². The van der Waals surface area contributed by atoms with Gasteiger partial charge in [-0.2, -0.15) is 0 Å². The molecule has 0 aliphatic carbocycles. The second kappa shape index (κ2) is 7.66. The Hall–Kier alpha value is -2.40. The smallest absolute Gasteiger partial charge is 0.344 e. The van der Waals surface area contributed by atoms with E-state index in [1.54, 1.807) is 12.1 Å². The molecule has 1 heterocycles. The molecule has 0 spiro atoms. The average molecular weight is 363 g/mol. The van der Waals surface area contributed by atoms with Crippen molar-refractivity contribution in [2.45, 2.75) is 20.5 Å². The minimum absolute atomic E-state index is 0.0887. The zero-order valence-corrected chi connectivity index (χ0v) is 14.9. The van der Waals surface area contributed by atoms with Gasteiger partial charge in [0.15, 0.2) is 18.1 Å². The molecule has 0 N–H and O–H groups in total. The van der Waals surface area contributed by atoms with E-state index in [0.29, 0.717) is 35.5 Å². The van der Waals surface area contributed by atoms with E-state index in [1.807, 2.05) is 32.0 Å². The molecule has 6 heteroatoms. The van der Waals surface area contributed by atoms with Crippen molar-refractivity contribution in [2.24, 2.45) is 0 Å². The van der Waals surface area contributed by atoms with Crippen molar-refractivity contribution < 1.29 is 23.7 Å². The van der Waals surface area contributed by atoms with Crippen LogP contribution in [0.15, 0.2) is 30.3 Å². The molecule has 25 heavy (non-hydrogen) atoms. The van der Waals surface area contributed by atoms with Crippen molar-refractivity contribution in [3.63, 3.8) is 0 Å². The molecule has 132 valence electrons. The van der Waals surface area contributed by atoms with E-state index in [-0.39, 0.29) is 13.2 Å². The molecule has 0 fully saturated rings. The molecule has 0 saturated carbocycles. The summed E-state index contributed by atoms with van der Waals surface area (Å²) in [5.74, 6) is 1.31. The van der Waals surface area contributed by atoms with Gasteiger partial charge in [0.25, 0.3) is 0 Å². The third-order valence-electron chi connectivity index (χ3n) is 3.73. The van der Waals surface area contributed by atoms with Gasteiger partial charge in [-0.15, -0.1) is 0 Å².